The Morgan fingerprint density at radius 3 is 2.44 bits per heavy atom. The van der Waals surface area contributed by atoms with Crippen molar-refractivity contribution in [2.75, 3.05) is 26.8 Å². The lowest BCUT2D eigenvalue weighted by atomic mass is 10.1. The van der Waals surface area contributed by atoms with Gasteiger partial charge in [-0.25, -0.2) is 13.2 Å². The summed E-state index contributed by atoms with van der Waals surface area (Å²) in [5.74, 6) is -0.396. The Hall–Kier alpha value is -2.91. The molecule has 1 atom stereocenters. The molecule has 7 nitrogen and oxygen atoms in total. The number of nitrogens with one attached hydrogen (secondary N) is 1. The summed E-state index contributed by atoms with van der Waals surface area (Å²) in [4.78, 5) is 12.4. The molecule has 0 heterocycles. The SMILES string of the molecule is CCOC(=O)c1cc(S(=O)(=O)c2ccc(CCCNC[C@@H](O)c3cccc(Cl)c3)cc2)ccc1OC. The molecule has 192 valence electrons. The first-order chi connectivity index (χ1) is 17.3. The van der Waals surface area contributed by atoms with Crippen molar-refractivity contribution in [1.82, 2.24) is 5.32 Å². The number of rotatable bonds is 12. The Kier molecular flexibility index (Phi) is 9.89. The zero-order chi connectivity index (χ0) is 26.1. The maximum atomic E-state index is 13.1. The molecule has 0 spiro atoms. The van der Waals surface area contributed by atoms with Gasteiger partial charge in [-0.15, -0.1) is 0 Å². The van der Waals surface area contributed by atoms with Gasteiger partial charge in [0, 0.05) is 11.6 Å². The lowest BCUT2D eigenvalue weighted by molar-refractivity contribution is 0.0522. The second-order valence-corrected chi connectivity index (χ2v) is 10.5. The number of aliphatic hydroxyl groups is 1. The van der Waals surface area contributed by atoms with E-state index in [2.05, 4.69) is 5.32 Å². The maximum absolute atomic E-state index is 13.1. The molecule has 3 aromatic rings. The summed E-state index contributed by atoms with van der Waals surface area (Å²) < 4.78 is 36.5. The number of aryl methyl sites for hydroxylation is 1. The second-order valence-electron chi connectivity index (χ2n) is 8.11. The van der Waals surface area contributed by atoms with E-state index >= 15 is 0 Å². The Balaban J connectivity index is 1.58. The molecule has 0 aliphatic heterocycles. The monoisotopic (exact) mass is 531 g/mol. The van der Waals surface area contributed by atoms with Crippen molar-refractivity contribution in [1.29, 1.82) is 0 Å². The molecule has 0 amide bonds. The maximum Gasteiger partial charge on any atom is 0.341 e. The molecule has 2 N–H and O–H groups in total. The highest BCUT2D eigenvalue weighted by Gasteiger charge is 2.22. The first kappa shape index (κ1) is 27.7. The third-order valence-corrected chi connectivity index (χ3v) is 7.60. The summed E-state index contributed by atoms with van der Waals surface area (Å²) in [5.41, 5.74) is 1.82. The van der Waals surface area contributed by atoms with Crippen LogP contribution < -0.4 is 10.1 Å². The van der Waals surface area contributed by atoms with Crippen LogP contribution in [0.3, 0.4) is 0 Å². The fraction of sp³-hybridized carbons (Fsp3) is 0.296. The second kappa shape index (κ2) is 12.9. The molecular weight excluding hydrogens is 502 g/mol. The molecule has 0 bridgehead atoms. The molecule has 0 radical (unpaired) electrons. The van der Waals surface area contributed by atoms with E-state index in [0.29, 0.717) is 18.1 Å². The van der Waals surface area contributed by atoms with Gasteiger partial charge in [0.05, 0.1) is 29.6 Å². The Bertz CT molecular complexity index is 1280. The van der Waals surface area contributed by atoms with E-state index in [1.165, 1.54) is 25.3 Å². The van der Waals surface area contributed by atoms with Crippen molar-refractivity contribution < 1.29 is 27.8 Å². The molecule has 0 aliphatic rings. The minimum absolute atomic E-state index is 0.0124. The third kappa shape index (κ3) is 7.07. The summed E-state index contributed by atoms with van der Waals surface area (Å²) >= 11 is 5.96. The van der Waals surface area contributed by atoms with Crippen LogP contribution in [0.15, 0.2) is 76.5 Å². The van der Waals surface area contributed by atoms with Gasteiger partial charge in [-0.1, -0.05) is 35.9 Å². The summed E-state index contributed by atoms with van der Waals surface area (Å²) in [6.45, 7) is 2.94. The smallest absolute Gasteiger partial charge is 0.341 e. The molecule has 0 unspecified atom stereocenters. The molecular formula is C27H30ClNO6S. The van der Waals surface area contributed by atoms with Gasteiger partial charge in [0.1, 0.15) is 11.3 Å². The predicted octanol–water partition coefficient (Wildman–Crippen LogP) is 4.61. The fourth-order valence-corrected chi connectivity index (χ4v) is 5.17. The van der Waals surface area contributed by atoms with Gasteiger partial charge in [0.15, 0.2) is 0 Å². The van der Waals surface area contributed by atoms with E-state index in [4.69, 9.17) is 21.1 Å². The zero-order valence-corrected chi connectivity index (χ0v) is 21.8. The van der Waals surface area contributed by atoms with Crippen molar-refractivity contribution in [3.63, 3.8) is 0 Å². The van der Waals surface area contributed by atoms with Gasteiger partial charge in [0.25, 0.3) is 0 Å². The van der Waals surface area contributed by atoms with Crippen LogP contribution in [0.5, 0.6) is 5.75 Å². The number of benzene rings is 3. The first-order valence-electron chi connectivity index (χ1n) is 11.6. The molecule has 0 aromatic heterocycles. The van der Waals surface area contributed by atoms with Crippen LogP contribution in [0, 0.1) is 0 Å². The number of sulfone groups is 1. The number of aliphatic hydroxyl groups excluding tert-OH is 1. The number of hydrogen-bond donors (Lipinski definition) is 2. The molecule has 0 saturated carbocycles. The van der Waals surface area contributed by atoms with Gasteiger partial charge in [-0.05, 0) is 79.9 Å². The van der Waals surface area contributed by atoms with Gasteiger partial charge in [-0.3, -0.25) is 0 Å². The van der Waals surface area contributed by atoms with Crippen molar-refractivity contribution in [2.45, 2.75) is 35.7 Å². The molecule has 9 heteroatoms. The van der Waals surface area contributed by atoms with E-state index in [1.807, 2.05) is 6.07 Å². The Labute approximate surface area is 216 Å². The van der Waals surface area contributed by atoms with Crippen LogP contribution in [0.1, 0.15) is 40.9 Å². The topological polar surface area (TPSA) is 102 Å². The quantitative estimate of drug-likeness (QED) is 0.260. The minimum atomic E-state index is -3.83. The lowest BCUT2D eigenvalue weighted by Crippen LogP contribution is -2.22. The van der Waals surface area contributed by atoms with Gasteiger partial charge in [-0.2, -0.15) is 0 Å². The van der Waals surface area contributed by atoms with Crippen LogP contribution in [-0.4, -0.2) is 46.3 Å². The number of ether oxygens (including phenoxy) is 2. The van der Waals surface area contributed by atoms with Crippen molar-refractivity contribution in [3.05, 3.63) is 88.4 Å². The highest BCUT2D eigenvalue weighted by Crippen LogP contribution is 2.27. The first-order valence-corrected chi connectivity index (χ1v) is 13.5. The number of halogens is 1. The average Bonchev–Trinajstić information content (AvgIpc) is 2.88. The van der Waals surface area contributed by atoms with E-state index in [0.717, 1.165) is 24.0 Å². The highest BCUT2D eigenvalue weighted by molar-refractivity contribution is 7.91. The zero-order valence-electron chi connectivity index (χ0n) is 20.2. The van der Waals surface area contributed by atoms with Crippen molar-refractivity contribution in [3.8, 4) is 5.75 Å². The lowest BCUT2D eigenvalue weighted by Gasteiger charge is -2.13. The Morgan fingerprint density at radius 1 is 1.06 bits per heavy atom. The summed E-state index contributed by atoms with van der Waals surface area (Å²) in [6, 6.07) is 18.0. The largest absolute Gasteiger partial charge is 0.496 e. The molecule has 0 fully saturated rings. The summed E-state index contributed by atoms with van der Waals surface area (Å²) in [5, 5.41) is 14.1. The van der Waals surface area contributed by atoms with E-state index in [1.54, 1.807) is 49.4 Å². The number of esters is 1. The van der Waals surface area contributed by atoms with Gasteiger partial charge < -0.3 is 19.9 Å². The van der Waals surface area contributed by atoms with Gasteiger partial charge in [0.2, 0.25) is 9.84 Å². The van der Waals surface area contributed by atoms with E-state index in [-0.39, 0.29) is 27.7 Å². The van der Waals surface area contributed by atoms with Crippen molar-refractivity contribution >= 4 is 27.4 Å². The molecule has 0 saturated heterocycles. The van der Waals surface area contributed by atoms with E-state index < -0.39 is 21.9 Å². The third-order valence-electron chi connectivity index (χ3n) is 5.60. The number of hydrogen-bond acceptors (Lipinski definition) is 7. The number of methoxy groups -OCH3 is 1. The van der Waals surface area contributed by atoms with Crippen LogP contribution >= 0.6 is 11.6 Å². The summed E-state index contributed by atoms with van der Waals surface area (Å²) in [6.07, 6.45) is 0.918. The molecule has 0 aliphatic carbocycles. The highest BCUT2D eigenvalue weighted by atomic mass is 35.5. The Morgan fingerprint density at radius 2 is 1.78 bits per heavy atom. The fourth-order valence-electron chi connectivity index (χ4n) is 3.68. The predicted molar refractivity (Wildman–Crippen MR) is 138 cm³/mol. The van der Waals surface area contributed by atoms with E-state index in [9.17, 15) is 18.3 Å². The van der Waals surface area contributed by atoms with Crippen molar-refractivity contribution in [2.24, 2.45) is 0 Å². The minimum Gasteiger partial charge on any atom is -0.496 e. The normalized spacial score (nSPS) is 12.2. The van der Waals surface area contributed by atoms with Crippen LogP contribution in [0.25, 0.3) is 0 Å². The number of carbonyl (C=O) groups is 1. The summed E-state index contributed by atoms with van der Waals surface area (Å²) in [7, 11) is -2.43. The molecule has 3 rings (SSSR count). The van der Waals surface area contributed by atoms with Crippen LogP contribution in [0.2, 0.25) is 5.02 Å². The average molecular weight is 532 g/mol. The molecule has 36 heavy (non-hydrogen) atoms. The number of carbonyl (C=O) groups excluding carboxylic acids is 1. The van der Waals surface area contributed by atoms with Crippen LogP contribution in [0.4, 0.5) is 0 Å². The molecule has 3 aromatic carbocycles. The standard InChI is InChI=1S/C27H30ClNO6S/c1-3-35-27(31)24-17-23(13-14-26(24)34-2)36(32,33)22-11-9-19(10-12-22)6-5-15-29-18-25(30)20-7-4-8-21(28)16-20/h4,7-14,16-17,25,29-30H,3,5-6,15,18H2,1-2H3/t25-/m1/s1. The van der Waals surface area contributed by atoms with Crippen LogP contribution in [-0.2, 0) is 21.0 Å². The van der Waals surface area contributed by atoms with Gasteiger partial charge >= 0.3 is 5.97 Å².